The number of nitrogens with zero attached hydrogens (tertiary/aromatic N) is 6. The van der Waals surface area contributed by atoms with E-state index in [2.05, 4.69) is 64.3 Å². The number of urea groups is 1. The number of carbonyl (C=O) groups excluding carboxylic acids is 2. The van der Waals surface area contributed by atoms with E-state index in [4.69, 9.17) is 0 Å². The van der Waals surface area contributed by atoms with Crippen LogP contribution in [0.1, 0.15) is 62.3 Å². The number of amides is 3. The Morgan fingerprint density at radius 3 is 2.17 bits per heavy atom. The van der Waals surface area contributed by atoms with E-state index in [9.17, 15) is 14.4 Å². The summed E-state index contributed by atoms with van der Waals surface area (Å²) < 4.78 is 1.53. The molecular formula is C37H52N8O3. The average Bonchev–Trinajstić information content (AvgIpc) is 3.53. The molecule has 3 aliphatic heterocycles. The second-order valence-corrected chi connectivity index (χ2v) is 13.7. The van der Waals surface area contributed by atoms with Gasteiger partial charge in [-0.25, -0.2) is 14.3 Å². The highest BCUT2D eigenvalue weighted by Gasteiger charge is 2.34. The van der Waals surface area contributed by atoms with Crippen molar-refractivity contribution in [3.05, 3.63) is 75.7 Å². The molecule has 0 saturated carbocycles. The molecule has 0 radical (unpaired) electrons. The van der Waals surface area contributed by atoms with Crippen molar-refractivity contribution in [2.24, 2.45) is 0 Å². The van der Waals surface area contributed by atoms with E-state index in [1.807, 2.05) is 35.2 Å². The number of carbonyl (C=O) groups is 2. The molecule has 3 fully saturated rings. The van der Waals surface area contributed by atoms with Gasteiger partial charge in [-0.05, 0) is 75.4 Å². The molecular weight excluding hydrogens is 604 g/mol. The molecule has 3 aliphatic rings. The maximum atomic E-state index is 14.1. The number of piperidine rings is 2. The molecule has 3 aromatic rings. The zero-order valence-corrected chi connectivity index (χ0v) is 28.9. The first-order valence-electron chi connectivity index (χ1n) is 17.9. The van der Waals surface area contributed by atoms with Gasteiger partial charge in [0.1, 0.15) is 6.04 Å². The number of piperazine rings is 1. The van der Waals surface area contributed by atoms with Gasteiger partial charge in [-0.15, -0.1) is 5.10 Å². The van der Waals surface area contributed by atoms with Gasteiger partial charge in [0.2, 0.25) is 5.91 Å². The zero-order chi connectivity index (χ0) is 33.6. The van der Waals surface area contributed by atoms with Crippen LogP contribution in [0.5, 0.6) is 0 Å². The van der Waals surface area contributed by atoms with E-state index < -0.39 is 6.04 Å². The third-order valence-electron chi connectivity index (χ3n) is 10.7. The maximum absolute atomic E-state index is 14.1. The van der Waals surface area contributed by atoms with Crippen LogP contribution >= 0.6 is 0 Å². The Morgan fingerprint density at radius 2 is 1.50 bits per heavy atom. The third kappa shape index (κ3) is 7.84. The third-order valence-corrected chi connectivity index (χ3v) is 10.7. The Hall–Kier alpha value is -3.96. The molecule has 11 nitrogen and oxygen atoms in total. The van der Waals surface area contributed by atoms with Crippen LogP contribution in [0.15, 0.2) is 53.3 Å². The largest absolute Gasteiger partial charge is 0.343 e. The number of rotatable bonds is 9. The molecule has 2 N–H and O–H groups in total. The number of H-pyrrole nitrogens is 1. The predicted octanol–water partition coefficient (Wildman–Crippen LogP) is 3.56. The maximum Gasteiger partial charge on any atom is 0.343 e. The standard InChI is InChI=1S/C37H52N8O3/c1-4-28-12-11-27(25-29(28)5-2)26-33(35(46)43-23-21-42(22-24-43)31-13-17-41(3)18-14-31)38-36(47)44-19-15-32(16-20-44)45-37(48)39-34(40-45)30-9-7-6-8-10-30/h6-12,25,31-33H,4-5,13-24,26H2,1-3H3,(H,38,47)(H,39,40,48)/t33-/m1/s1. The first-order chi connectivity index (χ1) is 23.3. The molecule has 3 amide bonds. The lowest BCUT2D eigenvalue weighted by Crippen LogP contribution is -2.59. The second kappa shape index (κ2) is 15.5. The van der Waals surface area contributed by atoms with Gasteiger partial charge in [0.05, 0.1) is 6.04 Å². The Balaban J connectivity index is 1.11. The zero-order valence-electron chi connectivity index (χ0n) is 28.9. The predicted molar refractivity (Wildman–Crippen MR) is 188 cm³/mol. The van der Waals surface area contributed by atoms with Crippen molar-refractivity contribution >= 4 is 11.9 Å². The highest BCUT2D eigenvalue weighted by molar-refractivity contribution is 5.87. The monoisotopic (exact) mass is 656 g/mol. The summed E-state index contributed by atoms with van der Waals surface area (Å²) in [5.74, 6) is 0.544. The summed E-state index contributed by atoms with van der Waals surface area (Å²) >= 11 is 0. The summed E-state index contributed by atoms with van der Waals surface area (Å²) in [6.07, 6.45) is 5.94. The molecule has 1 aromatic heterocycles. The van der Waals surface area contributed by atoms with E-state index in [-0.39, 0.29) is 23.7 Å². The summed E-state index contributed by atoms with van der Waals surface area (Å²) in [6, 6.07) is 15.7. The van der Waals surface area contributed by atoms with Crippen molar-refractivity contribution in [3.63, 3.8) is 0 Å². The molecule has 48 heavy (non-hydrogen) atoms. The van der Waals surface area contributed by atoms with Crippen molar-refractivity contribution < 1.29 is 9.59 Å². The van der Waals surface area contributed by atoms with Gasteiger partial charge < -0.3 is 20.0 Å². The van der Waals surface area contributed by atoms with Gasteiger partial charge in [-0.3, -0.25) is 14.7 Å². The van der Waals surface area contributed by atoms with Crippen LogP contribution in [-0.2, 0) is 24.1 Å². The van der Waals surface area contributed by atoms with Gasteiger partial charge in [-0.2, -0.15) is 0 Å². The molecule has 2 aromatic carbocycles. The number of likely N-dealkylation sites (tertiary alicyclic amines) is 2. The fourth-order valence-electron chi connectivity index (χ4n) is 7.67. The van der Waals surface area contributed by atoms with Crippen molar-refractivity contribution in [1.29, 1.82) is 0 Å². The van der Waals surface area contributed by atoms with E-state index in [1.54, 1.807) is 4.90 Å². The highest BCUT2D eigenvalue weighted by atomic mass is 16.2. The molecule has 6 rings (SSSR count). The van der Waals surface area contributed by atoms with E-state index in [0.29, 0.717) is 57.3 Å². The van der Waals surface area contributed by atoms with Gasteiger partial charge in [0, 0.05) is 57.3 Å². The SMILES string of the molecule is CCc1ccc(C[C@@H](NC(=O)N2CCC(n3nc(-c4ccccc4)[nH]c3=O)CC2)C(=O)N2CCN(C3CCN(C)CC3)CC2)cc1CC. The van der Waals surface area contributed by atoms with Gasteiger partial charge in [-0.1, -0.05) is 62.4 Å². The summed E-state index contributed by atoms with van der Waals surface area (Å²) in [6.45, 7) is 10.7. The van der Waals surface area contributed by atoms with Crippen LogP contribution in [0.2, 0.25) is 0 Å². The number of aromatic nitrogens is 3. The number of hydrogen-bond donors (Lipinski definition) is 2. The number of nitrogens with one attached hydrogen (secondary N) is 2. The van der Waals surface area contributed by atoms with Crippen LogP contribution < -0.4 is 11.0 Å². The van der Waals surface area contributed by atoms with E-state index in [0.717, 1.165) is 50.1 Å². The van der Waals surface area contributed by atoms with E-state index in [1.165, 1.54) is 28.7 Å². The molecule has 4 heterocycles. The van der Waals surface area contributed by atoms with Gasteiger partial charge in [0.15, 0.2) is 5.82 Å². The van der Waals surface area contributed by atoms with Crippen molar-refractivity contribution in [3.8, 4) is 11.4 Å². The quantitative estimate of drug-likeness (QED) is 0.365. The fraction of sp³-hybridized carbons (Fsp3) is 0.568. The second-order valence-electron chi connectivity index (χ2n) is 13.7. The number of benzene rings is 2. The summed E-state index contributed by atoms with van der Waals surface area (Å²) in [7, 11) is 2.19. The molecule has 3 saturated heterocycles. The molecule has 0 bridgehead atoms. The van der Waals surface area contributed by atoms with Crippen molar-refractivity contribution in [2.75, 3.05) is 59.4 Å². The first kappa shape index (κ1) is 33.9. The van der Waals surface area contributed by atoms with Crippen LogP contribution in [0, 0.1) is 0 Å². The highest BCUT2D eigenvalue weighted by Crippen LogP contribution is 2.23. The fourth-order valence-corrected chi connectivity index (χ4v) is 7.67. The van der Waals surface area contributed by atoms with Crippen LogP contribution in [0.4, 0.5) is 4.79 Å². The van der Waals surface area contributed by atoms with Gasteiger partial charge in [0.25, 0.3) is 0 Å². The smallest absolute Gasteiger partial charge is 0.338 e. The molecule has 11 heteroatoms. The lowest BCUT2D eigenvalue weighted by atomic mass is 9.96. The van der Waals surface area contributed by atoms with Crippen molar-refractivity contribution in [1.82, 2.24) is 39.7 Å². The molecule has 0 unspecified atom stereocenters. The van der Waals surface area contributed by atoms with Crippen LogP contribution in [0.25, 0.3) is 11.4 Å². The normalized spacial score (nSPS) is 19.4. The minimum atomic E-state index is -0.648. The molecule has 258 valence electrons. The topological polar surface area (TPSA) is 110 Å². The van der Waals surface area contributed by atoms with Crippen LogP contribution in [-0.4, -0.2) is 118 Å². The molecule has 0 spiro atoms. The molecule has 1 atom stereocenters. The Bertz CT molecular complexity index is 1580. The minimum absolute atomic E-state index is 0.00426. The van der Waals surface area contributed by atoms with E-state index >= 15 is 0 Å². The Labute approximate surface area is 284 Å². The summed E-state index contributed by atoms with van der Waals surface area (Å²) in [4.78, 5) is 52.2. The first-order valence-corrected chi connectivity index (χ1v) is 17.9. The van der Waals surface area contributed by atoms with Gasteiger partial charge >= 0.3 is 11.7 Å². The number of aryl methyl sites for hydroxylation is 2. The molecule has 0 aliphatic carbocycles. The summed E-state index contributed by atoms with van der Waals surface area (Å²) in [5.41, 5.74) is 4.32. The Morgan fingerprint density at radius 1 is 0.833 bits per heavy atom. The lowest BCUT2D eigenvalue weighted by Gasteiger charge is -2.43. The average molecular weight is 657 g/mol. The minimum Gasteiger partial charge on any atom is -0.338 e. The van der Waals surface area contributed by atoms with Crippen LogP contribution in [0.3, 0.4) is 0 Å². The van der Waals surface area contributed by atoms with Crippen molar-refractivity contribution in [2.45, 2.75) is 76.9 Å². The number of aromatic amines is 1. The Kier molecular flexibility index (Phi) is 11.0. The summed E-state index contributed by atoms with van der Waals surface area (Å²) in [5, 5.41) is 7.74. The lowest BCUT2D eigenvalue weighted by molar-refractivity contribution is -0.135. The number of hydrogen-bond acceptors (Lipinski definition) is 6.